The Labute approximate surface area is 134 Å². The van der Waals surface area contributed by atoms with Crippen molar-refractivity contribution >= 4 is 23.2 Å². The third-order valence-electron chi connectivity index (χ3n) is 3.47. The number of nitrogens with zero attached hydrogens (tertiary/aromatic N) is 3. The Morgan fingerprint density at radius 2 is 2.17 bits per heavy atom. The Balaban J connectivity index is 1.57. The van der Waals surface area contributed by atoms with Gasteiger partial charge in [-0.15, -0.1) is 0 Å². The first kappa shape index (κ1) is 16.0. The van der Waals surface area contributed by atoms with Gasteiger partial charge in [-0.2, -0.15) is 13.2 Å². The molecule has 2 heterocycles. The van der Waals surface area contributed by atoms with E-state index in [1.165, 1.54) is 6.20 Å². The van der Waals surface area contributed by atoms with E-state index in [4.69, 9.17) is 11.6 Å². The average Bonchev–Trinajstić information content (AvgIpc) is 3.21. The van der Waals surface area contributed by atoms with Crippen LogP contribution in [0.5, 0.6) is 0 Å². The molecule has 124 valence electrons. The largest absolute Gasteiger partial charge is 0.432 e. The van der Waals surface area contributed by atoms with Gasteiger partial charge in [-0.3, -0.25) is 4.79 Å². The third-order valence-corrected chi connectivity index (χ3v) is 3.75. The lowest BCUT2D eigenvalue weighted by Crippen LogP contribution is -2.34. The molecule has 0 bridgehead atoms. The SMILES string of the molecule is O=C(NCC1CC(C(F)(F)F)=NO1)c1nc(C2CC2)ncc1Cl. The van der Waals surface area contributed by atoms with E-state index in [0.29, 0.717) is 5.82 Å². The Morgan fingerprint density at radius 3 is 2.78 bits per heavy atom. The molecule has 1 aromatic heterocycles. The molecule has 23 heavy (non-hydrogen) atoms. The van der Waals surface area contributed by atoms with E-state index in [0.717, 1.165) is 12.8 Å². The van der Waals surface area contributed by atoms with Crippen molar-refractivity contribution in [3.05, 3.63) is 22.7 Å². The summed E-state index contributed by atoms with van der Waals surface area (Å²) in [4.78, 5) is 25.0. The predicted molar refractivity (Wildman–Crippen MR) is 74.3 cm³/mol. The van der Waals surface area contributed by atoms with Crippen LogP contribution in [0.15, 0.2) is 11.4 Å². The molecule has 0 spiro atoms. The summed E-state index contributed by atoms with van der Waals surface area (Å²) in [6.45, 7) is -0.124. The minimum Gasteiger partial charge on any atom is -0.390 e. The van der Waals surface area contributed by atoms with Crippen LogP contribution in [0.25, 0.3) is 0 Å². The maximum atomic E-state index is 12.4. The average molecular weight is 349 g/mol. The molecule has 1 fully saturated rings. The molecular formula is C13H12ClF3N4O2. The highest BCUT2D eigenvalue weighted by molar-refractivity contribution is 6.33. The maximum Gasteiger partial charge on any atom is 0.432 e. The molecule has 1 N–H and O–H groups in total. The van der Waals surface area contributed by atoms with Gasteiger partial charge < -0.3 is 10.2 Å². The third kappa shape index (κ3) is 3.72. The van der Waals surface area contributed by atoms with Crippen LogP contribution in [0.2, 0.25) is 5.02 Å². The summed E-state index contributed by atoms with van der Waals surface area (Å²) >= 11 is 5.91. The van der Waals surface area contributed by atoms with Crippen LogP contribution in [0.4, 0.5) is 13.2 Å². The van der Waals surface area contributed by atoms with E-state index in [9.17, 15) is 18.0 Å². The minimum atomic E-state index is -4.52. The van der Waals surface area contributed by atoms with Crippen LogP contribution < -0.4 is 5.32 Å². The van der Waals surface area contributed by atoms with Gasteiger partial charge in [0.05, 0.1) is 17.8 Å². The summed E-state index contributed by atoms with van der Waals surface area (Å²) in [5, 5.41) is 5.54. The van der Waals surface area contributed by atoms with Crippen LogP contribution in [0.3, 0.4) is 0 Å². The van der Waals surface area contributed by atoms with Crippen LogP contribution in [0, 0.1) is 0 Å². The second-order valence-electron chi connectivity index (χ2n) is 5.38. The smallest absolute Gasteiger partial charge is 0.390 e. The van der Waals surface area contributed by atoms with E-state index in [1.807, 2.05) is 0 Å². The van der Waals surface area contributed by atoms with Crippen molar-refractivity contribution in [2.45, 2.75) is 37.5 Å². The molecule has 0 aromatic carbocycles. The highest BCUT2D eigenvalue weighted by Crippen LogP contribution is 2.38. The van der Waals surface area contributed by atoms with Gasteiger partial charge >= 0.3 is 6.18 Å². The number of alkyl halides is 3. The number of oxime groups is 1. The Bertz CT molecular complexity index is 661. The topological polar surface area (TPSA) is 76.5 Å². The van der Waals surface area contributed by atoms with Crippen molar-refractivity contribution in [3.63, 3.8) is 0 Å². The van der Waals surface area contributed by atoms with E-state index >= 15 is 0 Å². The molecule has 3 rings (SSSR count). The van der Waals surface area contributed by atoms with Crippen LogP contribution in [0.1, 0.15) is 41.5 Å². The first-order valence-corrected chi connectivity index (χ1v) is 7.33. The summed E-state index contributed by atoms with van der Waals surface area (Å²) in [6.07, 6.45) is -2.50. The van der Waals surface area contributed by atoms with Gasteiger partial charge in [0.1, 0.15) is 17.6 Å². The fourth-order valence-corrected chi connectivity index (χ4v) is 2.25. The normalized spacial score (nSPS) is 20.9. The van der Waals surface area contributed by atoms with Crippen molar-refractivity contribution < 1.29 is 22.8 Å². The van der Waals surface area contributed by atoms with E-state index < -0.39 is 30.3 Å². The van der Waals surface area contributed by atoms with Crippen molar-refractivity contribution in [2.75, 3.05) is 6.54 Å². The van der Waals surface area contributed by atoms with Crippen molar-refractivity contribution in [2.24, 2.45) is 5.16 Å². The van der Waals surface area contributed by atoms with Gasteiger partial charge in [-0.25, -0.2) is 9.97 Å². The molecule has 1 aliphatic heterocycles. The monoisotopic (exact) mass is 348 g/mol. The number of hydrogen-bond acceptors (Lipinski definition) is 5. The Kier molecular flexibility index (Phi) is 4.13. The summed E-state index contributed by atoms with van der Waals surface area (Å²) in [7, 11) is 0. The van der Waals surface area contributed by atoms with Crippen molar-refractivity contribution in [3.8, 4) is 0 Å². The molecule has 1 aliphatic carbocycles. The molecule has 2 aliphatic rings. The Hall–Kier alpha value is -1.90. The number of carbonyl (C=O) groups is 1. The maximum absolute atomic E-state index is 12.4. The number of aromatic nitrogens is 2. The van der Waals surface area contributed by atoms with Gasteiger partial charge in [0.15, 0.2) is 5.71 Å². The summed E-state index contributed by atoms with van der Waals surface area (Å²) < 4.78 is 37.3. The lowest BCUT2D eigenvalue weighted by molar-refractivity contribution is -0.0604. The van der Waals surface area contributed by atoms with Gasteiger partial charge in [-0.05, 0) is 12.8 Å². The molecule has 6 nitrogen and oxygen atoms in total. The van der Waals surface area contributed by atoms with Crippen LogP contribution in [-0.4, -0.2) is 40.4 Å². The zero-order valence-electron chi connectivity index (χ0n) is 11.7. The second-order valence-corrected chi connectivity index (χ2v) is 5.78. The quantitative estimate of drug-likeness (QED) is 0.906. The van der Waals surface area contributed by atoms with E-state index in [1.54, 1.807) is 0 Å². The van der Waals surface area contributed by atoms with Gasteiger partial charge in [0.25, 0.3) is 5.91 Å². The van der Waals surface area contributed by atoms with Gasteiger partial charge in [0, 0.05) is 12.3 Å². The first-order valence-electron chi connectivity index (χ1n) is 6.95. The molecule has 1 atom stereocenters. The van der Waals surface area contributed by atoms with Crippen LogP contribution >= 0.6 is 11.6 Å². The highest BCUT2D eigenvalue weighted by Gasteiger charge is 2.41. The fourth-order valence-electron chi connectivity index (χ4n) is 2.07. The number of nitrogens with one attached hydrogen (secondary N) is 1. The Morgan fingerprint density at radius 1 is 1.43 bits per heavy atom. The number of carbonyl (C=O) groups excluding carboxylic acids is 1. The van der Waals surface area contributed by atoms with Crippen molar-refractivity contribution in [1.29, 1.82) is 0 Å². The van der Waals surface area contributed by atoms with Gasteiger partial charge in [-0.1, -0.05) is 16.8 Å². The van der Waals surface area contributed by atoms with Crippen LogP contribution in [-0.2, 0) is 4.84 Å². The second kappa shape index (κ2) is 5.95. The van der Waals surface area contributed by atoms with E-state index in [-0.39, 0.29) is 23.2 Å². The number of rotatable bonds is 4. The zero-order valence-corrected chi connectivity index (χ0v) is 12.5. The molecular weight excluding hydrogens is 337 g/mol. The van der Waals surface area contributed by atoms with Crippen molar-refractivity contribution in [1.82, 2.24) is 15.3 Å². The zero-order chi connectivity index (χ0) is 16.6. The summed E-state index contributed by atoms with van der Waals surface area (Å²) in [6, 6.07) is 0. The fraction of sp³-hybridized carbons (Fsp3) is 0.538. The van der Waals surface area contributed by atoms with Gasteiger partial charge in [0.2, 0.25) is 0 Å². The number of hydrogen-bond donors (Lipinski definition) is 1. The predicted octanol–water partition coefficient (Wildman–Crippen LogP) is 2.44. The molecule has 0 radical (unpaired) electrons. The summed E-state index contributed by atoms with van der Waals surface area (Å²) in [5.74, 6) is 0.224. The molecule has 0 saturated heterocycles. The summed E-state index contributed by atoms with van der Waals surface area (Å²) in [5.41, 5.74) is -0.980. The lowest BCUT2D eigenvalue weighted by Gasteiger charge is -2.11. The van der Waals surface area contributed by atoms with E-state index in [2.05, 4.69) is 25.3 Å². The number of amides is 1. The number of halogens is 4. The minimum absolute atomic E-state index is 0.0125. The molecule has 1 saturated carbocycles. The molecule has 1 amide bonds. The molecule has 1 aromatic rings. The highest BCUT2D eigenvalue weighted by atomic mass is 35.5. The molecule has 1 unspecified atom stereocenters. The lowest BCUT2D eigenvalue weighted by atomic mass is 10.2. The standard InChI is InChI=1S/C13H12ClF3N4O2/c14-8-5-18-11(6-1-2-6)20-10(8)12(22)19-4-7-3-9(21-23-7)13(15,16)17/h5-7H,1-4H2,(H,19,22). The molecule has 10 heteroatoms. The first-order chi connectivity index (χ1) is 10.8.